The summed E-state index contributed by atoms with van der Waals surface area (Å²) in [5, 5.41) is 11.6. The number of rotatable bonds is 5. The molecule has 0 bridgehead atoms. The van der Waals surface area contributed by atoms with Crippen LogP contribution in [0.25, 0.3) is 0 Å². The van der Waals surface area contributed by atoms with Crippen LogP contribution in [0, 0.1) is 11.8 Å². The Morgan fingerprint density at radius 1 is 1.47 bits per heavy atom. The number of carbonyl (C=O) groups excluding carboxylic acids is 1. The molecule has 0 aliphatic carbocycles. The molecule has 0 fully saturated rings. The van der Waals surface area contributed by atoms with Crippen LogP contribution in [-0.4, -0.2) is 23.5 Å². The average molecular weight is 260 g/mol. The molecule has 0 saturated carbocycles. The minimum absolute atomic E-state index is 0.0597. The Balaban J connectivity index is 2.55. The first-order valence-corrected chi connectivity index (χ1v) is 5.56. The van der Waals surface area contributed by atoms with Crippen LogP contribution in [0.3, 0.4) is 0 Å². The fraction of sp³-hybridized carbons (Fsp3) is 0.455. The van der Waals surface area contributed by atoms with Crippen molar-refractivity contribution in [3.63, 3.8) is 0 Å². The van der Waals surface area contributed by atoms with E-state index in [-0.39, 0.29) is 23.4 Å². The van der Waals surface area contributed by atoms with E-state index in [9.17, 15) is 9.59 Å². The maximum atomic E-state index is 11.6. The summed E-state index contributed by atoms with van der Waals surface area (Å²) in [5.74, 6) is -2.01. The second-order valence-electron chi connectivity index (χ2n) is 4.00. The van der Waals surface area contributed by atoms with Crippen LogP contribution >= 0.6 is 11.6 Å². The molecule has 1 amide bonds. The zero-order valence-corrected chi connectivity index (χ0v) is 10.3. The van der Waals surface area contributed by atoms with Crippen molar-refractivity contribution in [3.05, 3.63) is 23.1 Å². The van der Waals surface area contributed by atoms with E-state index in [1.165, 1.54) is 12.1 Å². The molecule has 1 rings (SSSR count). The number of carbonyl (C=O) groups is 2. The minimum atomic E-state index is -0.933. The molecule has 1 aromatic rings. The molecule has 0 aliphatic heterocycles. The summed E-state index contributed by atoms with van der Waals surface area (Å²) in [6.07, 6.45) is 0. The first-order chi connectivity index (χ1) is 7.91. The van der Waals surface area contributed by atoms with Crippen molar-refractivity contribution in [3.8, 4) is 0 Å². The van der Waals surface area contributed by atoms with Gasteiger partial charge >= 0.3 is 5.97 Å². The van der Waals surface area contributed by atoms with Gasteiger partial charge in [0.25, 0.3) is 5.91 Å². The number of amides is 1. The number of carboxylic acid groups (broad SMARTS) is 1. The van der Waals surface area contributed by atoms with Crippen LogP contribution in [0.2, 0.25) is 5.22 Å². The molecule has 0 radical (unpaired) electrons. The quantitative estimate of drug-likeness (QED) is 0.848. The van der Waals surface area contributed by atoms with Crippen LogP contribution in [0.1, 0.15) is 24.4 Å². The van der Waals surface area contributed by atoms with Crippen LogP contribution in [-0.2, 0) is 4.79 Å². The highest BCUT2D eigenvalue weighted by Gasteiger charge is 2.22. The lowest BCUT2D eigenvalue weighted by atomic mass is 9.96. The van der Waals surface area contributed by atoms with Gasteiger partial charge in [0, 0.05) is 6.54 Å². The van der Waals surface area contributed by atoms with Crippen molar-refractivity contribution in [1.29, 1.82) is 0 Å². The largest absolute Gasteiger partial charge is 0.481 e. The lowest BCUT2D eigenvalue weighted by molar-refractivity contribution is -0.142. The van der Waals surface area contributed by atoms with Crippen molar-refractivity contribution >= 4 is 23.5 Å². The SMILES string of the molecule is CC(C)C(CNC(=O)c1ccc(Cl)o1)C(=O)O. The highest BCUT2D eigenvalue weighted by Crippen LogP contribution is 2.14. The van der Waals surface area contributed by atoms with Crippen molar-refractivity contribution < 1.29 is 19.1 Å². The van der Waals surface area contributed by atoms with Gasteiger partial charge in [-0.3, -0.25) is 9.59 Å². The van der Waals surface area contributed by atoms with Gasteiger partial charge in [-0.15, -0.1) is 0 Å². The fourth-order valence-corrected chi connectivity index (χ4v) is 1.48. The number of halogens is 1. The third-order valence-corrected chi connectivity index (χ3v) is 2.60. The predicted molar refractivity (Wildman–Crippen MR) is 62.0 cm³/mol. The first kappa shape index (κ1) is 13.6. The van der Waals surface area contributed by atoms with Gasteiger partial charge in [-0.2, -0.15) is 0 Å². The van der Waals surface area contributed by atoms with Crippen LogP contribution in [0.4, 0.5) is 0 Å². The molecule has 1 aromatic heterocycles. The summed E-state index contributed by atoms with van der Waals surface area (Å²) in [7, 11) is 0. The topological polar surface area (TPSA) is 79.5 Å². The zero-order valence-electron chi connectivity index (χ0n) is 9.57. The number of hydrogen-bond acceptors (Lipinski definition) is 3. The monoisotopic (exact) mass is 259 g/mol. The van der Waals surface area contributed by atoms with Gasteiger partial charge in [0.2, 0.25) is 0 Å². The molecule has 0 saturated heterocycles. The Labute approximate surface area is 104 Å². The lowest BCUT2D eigenvalue weighted by Crippen LogP contribution is -2.35. The number of aliphatic carboxylic acids is 1. The van der Waals surface area contributed by atoms with E-state index in [0.29, 0.717) is 0 Å². The fourth-order valence-electron chi connectivity index (χ4n) is 1.33. The summed E-state index contributed by atoms with van der Waals surface area (Å²) in [6.45, 7) is 3.63. The number of furan rings is 1. The smallest absolute Gasteiger partial charge is 0.308 e. The molecule has 5 nitrogen and oxygen atoms in total. The molecule has 1 heterocycles. The van der Waals surface area contributed by atoms with E-state index in [1.54, 1.807) is 13.8 Å². The third kappa shape index (κ3) is 3.78. The van der Waals surface area contributed by atoms with Gasteiger partial charge in [-0.25, -0.2) is 0 Å². The number of carboxylic acids is 1. The Bertz CT molecular complexity index is 413. The zero-order chi connectivity index (χ0) is 13.0. The van der Waals surface area contributed by atoms with Crippen molar-refractivity contribution in [2.45, 2.75) is 13.8 Å². The highest BCUT2D eigenvalue weighted by atomic mass is 35.5. The molecule has 2 N–H and O–H groups in total. The Morgan fingerprint density at radius 2 is 2.12 bits per heavy atom. The Hall–Kier alpha value is -1.49. The number of hydrogen-bond donors (Lipinski definition) is 2. The maximum absolute atomic E-state index is 11.6. The van der Waals surface area contributed by atoms with Crippen molar-refractivity contribution in [1.82, 2.24) is 5.32 Å². The molecule has 6 heteroatoms. The highest BCUT2D eigenvalue weighted by molar-refractivity contribution is 6.29. The molecule has 17 heavy (non-hydrogen) atoms. The summed E-state index contributed by atoms with van der Waals surface area (Å²) in [6, 6.07) is 2.89. The van der Waals surface area contributed by atoms with E-state index in [1.807, 2.05) is 0 Å². The van der Waals surface area contributed by atoms with E-state index >= 15 is 0 Å². The van der Waals surface area contributed by atoms with Crippen molar-refractivity contribution in [2.24, 2.45) is 11.8 Å². The molecular weight excluding hydrogens is 246 g/mol. The van der Waals surface area contributed by atoms with Gasteiger partial charge in [-0.05, 0) is 29.7 Å². The van der Waals surface area contributed by atoms with E-state index in [2.05, 4.69) is 5.32 Å². The van der Waals surface area contributed by atoms with Gasteiger partial charge in [-0.1, -0.05) is 13.8 Å². The van der Waals surface area contributed by atoms with Gasteiger partial charge in [0.15, 0.2) is 11.0 Å². The van der Waals surface area contributed by atoms with Crippen LogP contribution in [0.15, 0.2) is 16.5 Å². The summed E-state index contributed by atoms with van der Waals surface area (Å²) in [4.78, 5) is 22.4. The summed E-state index contributed by atoms with van der Waals surface area (Å²) in [5.41, 5.74) is 0. The first-order valence-electron chi connectivity index (χ1n) is 5.18. The van der Waals surface area contributed by atoms with Gasteiger partial charge in [0.05, 0.1) is 5.92 Å². The maximum Gasteiger partial charge on any atom is 0.308 e. The molecule has 0 spiro atoms. The lowest BCUT2D eigenvalue weighted by Gasteiger charge is -2.16. The molecule has 0 aromatic carbocycles. The minimum Gasteiger partial charge on any atom is -0.481 e. The van der Waals surface area contributed by atoms with Crippen LogP contribution in [0.5, 0.6) is 0 Å². The second kappa shape index (κ2) is 5.72. The summed E-state index contributed by atoms with van der Waals surface area (Å²) >= 11 is 5.53. The predicted octanol–water partition coefficient (Wildman–Crippen LogP) is 2.02. The van der Waals surface area contributed by atoms with Crippen molar-refractivity contribution in [2.75, 3.05) is 6.54 Å². The normalized spacial score (nSPS) is 12.5. The average Bonchev–Trinajstić information content (AvgIpc) is 2.63. The summed E-state index contributed by atoms with van der Waals surface area (Å²) < 4.78 is 4.90. The molecule has 0 aliphatic rings. The van der Waals surface area contributed by atoms with E-state index in [4.69, 9.17) is 21.1 Å². The van der Waals surface area contributed by atoms with Gasteiger partial charge in [0.1, 0.15) is 0 Å². The molecule has 94 valence electrons. The van der Waals surface area contributed by atoms with Gasteiger partial charge < -0.3 is 14.8 Å². The molecule has 1 unspecified atom stereocenters. The standard InChI is InChI=1S/C11H14ClNO4/c1-6(2)7(11(15)16)5-13-10(14)8-3-4-9(12)17-8/h3-4,6-7H,5H2,1-2H3,(H,13,14)(H,15,16). The van der Waals surface area contributed by atoms with E-state index in [0.717, 1.165) is 0 Å². The Kier molecular flexibility index (Phi) is 4.57. The number of nitrogens with one attached hydrogen (secondary N) is 1. The van der Waals surface area contributed by atoms with Crippen LogP contribution < -0.4 is 5.32 Å². The molecule has 1 atom stereocenters. The Morgan fingerprint density at radius 3 is 2.53 bits per heavy atom. The second-order valence-corrected chi connectivity index (χ2v) is 4.38. The van der Waals surface area contributed by atoms with E-state index < -0.39 is 17.8 Å². The third-order valence-electron chi connectivity index (χ3n) is 2.40. The molecular formula is C11H14ClNO4.